The maximum absolute atomic E-state index is 12.1. The average Bonchev–Trinajstić information content (AvgIpc) is 3.13. The Morgan fingerprint density at radius 3 is 2.83 bits per heavy atom. The van der Waals surface area contributed by atoms with Crippen molar-refractivity contribution >= 4 is 44.8 Å². The van der Waals surface area contributed by atoms with Gasteiger partial charge in [-0.25, -0.2) is 4.79 Å². The summed E-state index contributed by atoms with van der Waals surface area (Å²) in [6.07, 6.45) is 0. The highest BCUT2D eigenvalue weighted by Crippen LogP contribution is 2.30. The minimum absolute atomic E-state index is 0.0428. The van der Waals surface area contributed by atoms with Gasteiger partial charge in [-0.1, -0.05) is 18.2 Å². The largest absolute Gasteiger partial charge is 0.339 e. The van der Waals surface area contributed by atoms with Crippen LogP contribution in [-0.4, -0.2) is 35.4 Å². The van der Waals surface area contributed by atoms with Crippen LogP contribution in [0.1, 0.15) is 0 Å². The van der Waals surface area contributed by atoms with Gasteiger partial charge >= 0.3 is 6.03 Å². The Hall–Kier alpha value is -2.60. The molecule has 0 aliphatic carbocycles. The fourth-order valence-electron chi connectivity index (χ4n) is 2.75. The van der Waals surface area contributed by atoms with Gasteiger partial charge in [0.2, 0.25) is 0 Å². The van der Waals surface area contributed by atoms with Crippen LogP contribution in [-0.2, 0) is 0 Å². The number of urea groups is 1. The lowest BCUT2D eigenvalue weighted by Gasteiger charge is -2.17. The SMILES string of the molecule is CN1CCN(c2cccc(Nc3nsc4ccccc34)c2)C1=O. The van der Waals surface area contributed by atoms with E-state index in [0.717, 1.165) is 40.4 Å². The Kier molecular flexibility index (Phi) is 3.38. The third kappa shape index (κ3) is 2.51. The Labute approximate surface area is 138 Å². The molecule has 4 rings (SSSR count). The number of likely N-dealkylation sites (N-methyl/N-ethyl adjacent to an activating group) is 1. The molecule has 1 aromatic heterocycles. The first-order chi connectivity index (χ1) is 11.2. The maximum Gasteiger partial charge on any atom is 0.324 e. The van der Waals surface area contributed by atoms with E-state index in [-0.39, 0.29) is 6.03 Å². The molecule has 1 saturated heterocycles. The van der Waals surface area contributed by atoms with E-state index < -0.39 is 0 Å². The molecule has 0 atom stereocenters. The van der Waals surface area contributed by atoms with Crippen LogP contribution in [0.2, 0.25) is 0 Å². The number of anilines is 3. The van der Waals surface area contributed by atoms with E-state index in [1.165, 1.54) is 11.5 Å². The number of aromatic nitrogens is 1. The van der Waals surface area contributed by atoms with Crippen molar-refractivity contribution in [3.8, 4) is 0 Å². The van der Waals surface area contributed by atoms with Gasteiger partial charge in [0, 0.05) is 36.9 Å². The van der Waals surface area contributed by atoms with Crippen LogP contribution < -0.4 is 10.2 Å². The summed E-state index contributed by atoms with van der Waals surface area (Å²) < 4.78 is 5.64. The molecule has 1 N–H and O–H groups in total. The van der Waals surface area contributed by atoms with Gasteiger partial charge < -0.3 is 10.2 Å². The molecule has 1 aliphatic rings. The first-order valence-corrected chi connectivity index (χ1v) is 8.24. The van der Waals surface area contributed by atoms with E-state index in [1.807, 2.05) is 43.4 Å². The zero-order valence-corrected chi connectivity index (χ0v) is 13.5. The molecule has 1 aliphatic heterocycles. The van der Waals surface area contributed by atoms with Crippen molar-refractivity contribution in [1.82, 2.24) is 9.27 Å². The molecule has 0 radical (unpaired) electrons. The highest BCUT2D eigenvalue weighted by molar-refractivity contribution is 7.13. The fourth-order valence-corrected chi connectivity index (χ4v) is 3.49. The Bertz CT molecular complexity index is 876. The van der Waals surface area contributed by atoms with E-state index >= 15 is 0 Å². The first kappa shape index (κ1) is 14.0. The third-order valence-corrected chi connectivity index (χ3v) is 4.84. The molecule has 0 bridgehead atoms. The number of amides is 2. The predicted molar refractivity (Wildman–Crippen MR) is 94.7 cm³/mol. The monoisotopic (exact) mass is 324 g/mol. The number of nitrogens with one attached hydrogen (secondary N) is 1. The van der Waals surface area contributed by atoms with Gasteiger partial charge in [0.15, 0.2) is 5.82 Å². The molecule has 2 heterocycles. The van der Waals surface area contributed by atoms with Crippen molar-refractivity contribution < 1.29 is 4.79 Å². The first-order valence-electron chi connectivity index (χ1n) is 7.46. The number of hydrogen-bond acceptors (Lipinski definition) is 4. The number of carbonyl (C=O) groups excluding carboxylic acids is 1. The maximum atomic E-state index is 12.1. The lowest BCUT2D eigenvalue weighted by Crippen LogP contribution is -2.29. The Morgan fingerprint density at radius 2 is 2.00 bits per heavy atom. The summed E-state index contributed by atoms with van der Waals surface area (Å²) >= 11 is 1.48. The second-order valence-corrected chi connectivity index (χ2v) is 6.36. The predicted octanol–water partition coefficient (Wildman–Crippen LogP) is 3.91. The van der Waals surface area contributed by atoms with Crippen molar-refractivity contribution in [2.45, 2.75) is 0 Å². The molecule has 2 aromatic carbocycles. The van der Waals surface area contributed by atoms with Gasteiger partial charge in [0.05, 0.1) is 4.70 Å². The van der Waals surface area contributed by atoms with Gasteiger partial charge in [0.1, 0.15) is 0 Å². The summed E-state index contributed by atoms with van der Waals surface area (Å²) in [5.41, 5.74) is 1.84. The van der Waals surface area contributed by atoms with Crippen molar-refractivity contribution in [2.75, 3.05) is 30.4 Å². The van der Waals surface area contributed by atoms with E-state index in [1.54, 1.807) is 9.80 Å². The molecule has 3 aromatic rings. The lowest BCUT2D eigenvalue weighted by atomic mass is 10.2. The summed E-state index contributed by atoms with van der Waals surface area (Å²) in [5, 5.41) is 4.48. The van der Waals surface area contributed by atoms with Gasteiger partial charge in [0.25, 0.3) is 0 Å². The minimum Gasteiger partial charge on any atom is -0.339 e. The molecule has 0 unspecified atom stereocenters. The van der Waals surface area contributed by atoms with Crippen LogP contribution in [0.15, 0.2) is 48.5 Å². The van der Waals surface area contributed by atoms with Crippen LogP contribution >= 0.6 is 11.5 Å². The van der Waals surface area contributed by atoms with Gasteiger partial charge in [-0.3, -0.25) is 4.90 Å². The molecular formula is C17H16N4OS. The molecule has 5 nitrogen and oxygen atoms in total. The molecule has 116 valence electrons. The Balaban J connectivity index is 1.63. The molecule has 6 heteroatoms. The normalized spacial score (nSPS) is 14.7. The second-order valence-electron chi connectivity index (χ2n) is 5.56. The van der Waals surface area contributed by atoms with Crippen molar-refractivity contribution in [3.63, 3.8) is 0 Å². The lowest BCUT2D eigenvalue weighted by molar-refractivity contribution is 0.229. The molecule has 0 saturated carbocycles. The molecule has 1 fully saturated rings. The average molecular weight is 324 g/mol. The third-order valence-electron chi connectivity index (χ3n) is 4.01. The van der Waals surface area contributed by atoms with Crippen molar-refractivity contribution in [2.24, 2.45) is 0 Å². The number of fused-ring (bicyclic) bond motifs is 1. The quantitative estimate of drug-likeness (QED) is 0.794. The van der Waals surface area contributed by atoms with Crippen molar-refractivity contribution in [1.29, 1.82) is 0 Å². The van der Waals surface area contributed by atoms with Crippen LogP contribution in [0.4, 0.5) is 22.0 Å². The number of carbonyl (C=O) groups is 1. The highest BCUT2D eigenvalue weighted by Gasteiger charge is 2.26. The van der Waals surface area contributed by atoms with E-state index in [0.29, 0.717) is 0 Å². The molecule has 23 heavy (non-hydrogen) atoms. The van der Waals surface area contributed by atoms with Gasteiger partial charge in [-0.2, -0.15) is 4.37 Å². The minimum atomic E-state index is 0.0428. The summed E-state index contributed by atoms with van der Waals surface area (Å²) in [4.78, 5) is 15.7. The van der Waals surface area contributed by atoms with E-state index in [2.05, 4.69) is 21.8 Å². The number of benzene rings is 2. The van der Waals surface area contributed by atoms with Crippen molar-refractivity contribution in [3.05, 3.63) is 48.5 Å². The summed E-state index contributed by atoms with van der Waals surface area (Å²) in [7, 11) is 1.83. The van der Waals surface area contributed by atoms with Crippen LogP contribution in [0.3, 0.4) is 0 Å². The summed E-state index contributed by atoms with van der Waals surface area (Å²) in [6, 6.07) is 16.1. The van der Waals surface area contributed by atoms with E-state index in [9.17, 15) is 4.79 Å². The smallest absolute Gasteiger partial charge is 0.324 e. The zero-order valence-electron chi connectivity index (χ0n) is 12.7. The number of rotatable bonds is 3. The second kappa shape index (κ2) is 5.55. The fraction of sp³-hybridized carbons (Fsp3) is 0.176. The van der Waals surface area contributed by atoms with E-state index in [4.69, 9.17) is 0 Å². The summed E-state index contributed by atoms with van der Waals surface area (Å²) in [6.45, 7) is 1.48. The molecule has 0 spiro atoms. The number of nitrogens with zero attached hydrogens (tertiary/aromatic N) is 3. The van der Waals surface area contributed by atoms with Crippen LogP contribution in [0.5, 0.6) is 0 Å². The van der Waals surface area contributed by atoms with Gasteiger partial charge in [-0.15, -0.1) is 0 Å². The number of hydrogen-bond donors (Lipinski definition) is 1. The standard InChI is InChI=1S/C17H16N4OS/c1-20-9-10-21(17(20)22)13-6-4-5-12(11-13)18-16-14-7-2-3-8-15(14)23-19-16/h2-8,11H,9-10H2,1H3,(H,18,19). The topological polar surface area (TPSA) is 48.5 Å². The summed E-state index contributed by atoms with van der Waals surface area (Å²) in [5.74, 6) is 0.854. The highest BCUT2D eigenvalue weighted by atomic mass is 32.1. The Morgan fingerprint density at radius 1 is 1.13 bits per heavy atom. The van der Waals surface area contributed by atoms with Gasteiger partial charge in [-0.05, 0) is 41.9 Å². The van der Waals surface area contributed by atoms with Crippen LogP contribution in [0, 0.1) is 0 Å². The van der Waals surface area contributed by atoms with Crippen LogP contribution in [0.25, 0.3) is 10.1 Å². The molecular weight excluding hydrogens is 308 g/mol. The zero-order chi connectivity index (χ0) is 15.8. The molecule has 2 amide bonds.